The van der Waals surface area contributed by atoms with Crippen molar-refractivity contribution < 1.29 is 33.5 Å². The van der Waals surface area contributed by atoms with E-state index in [4.69, 9.17) is 19.3 Å². The van der Waals surface area contributed by atoms with Crippen LogP contribution in [0.25, 0.3) is 0 Å². The Morgan fingerprint density at radius 2 is 1.49 bits per heavy atom. The van der Waals surface area contributed by atoms with Crippen molar-refractivity contribution in [1.29, 1.82) is 0 Å². The topological polar surface area (TPSA) is 149 Å². The molecule has 3 aromatic carbocycles. The van der Waals surface area contributed by atoms with Crippen LogP contribution in [0.4, 0.5) is 5.13 Å². The second-order valence-electron chi connectivity index (χ2n) is 13.2. The Balaban J connectivity index is 1.27. The van der Waals surface area contributed by atoms with E-state index in [1.165, 1.54) is 42.0 Å². The molecule has 0 aliphatic carbocycles. The van der Waals surface area contributed by atoms with Gasteiger partial charge in [0.05, 0.1) is 0 Å². The SMILES string of the molecule is CON=C(C(=O)NC1C(=O)N2C(C(=O)OC(C)(C)C)=C(COC(C)=O)CSC12)c1csc(NC(c2ccccc2)(c2ccccc2)c2ccccc2)n1. The van der Waals surface area contributed by atoms with Crippen LogP contribution in [0.1, 0.15) is 50.1 Å². The van der Waals surface area contributed by atoms with Crippen molar-refractivity contribution in [2.75, 3.05) is 24.8 Å². The lowest BCUT2D eigenvalue weighted by Crippen LogP contribution is -2.71. The molecule has 2 aliphatic heterocycles. The van der Waals surface area contributed by atoms with Crippen LogP contribution in [0.5, 0.6) is 0 Å². The molecule has 1 saturated heterocycles. The summed E-state index contributed by atoms with van der Waals surface area (Å²) in [5, 5.41) is 12.1. The molecule has 0 radical (unpaired) electrons. The van der Waals surface area contributed by atoms with E-state index in [9.17, 15) is 19.2 Å². The van der Waals surface area contributed by atoms with Crippen molar-refractivity contribution in [3.8, 4) is 0 Å². The Bertz CT molecular complexity index is 1950. The van der Waals surface area contributed by atoms with Gasteiger partial charge in [-0.25, -0.2) is 9.78 Å². The number of thioether (sulfide) groups is 1. The molecule has 2 aliphatic rings. The van der Waals surface area contributed by atoms with Gasteiger partial charge >= 0.3 is 11.9 Å². The van der Waals surface area contributed by atoms with E-state index < -0.39 is 46.3 Å². The van der Waals surface area contributed by atoms with Crippen LogP contribution >= 0.6 is 23.1 Å². The van der Waals surface area contributed by atoms with Crippen LogP contribution in [0.15, 0.2) is 113 Å². The summed E-state index contributed by atoms with van der Waals surface area (Å²) in [6.07, 6.45) is 0. The second kappa shape index (κ2) is 15.6. The highest BCUT2D eigenvalue weighted by molar-refractivity contribution is 8.00. The summed E-state index contributed by atoms with van der Waals surface area (Å²) in [6.45, 7) is 6.24. The summed E-state index contributed by atoms with van der Waals surface area (Å²) in [6, 6.07) is 29.1. The summed E-state index contributed by atoms with van der Waals surface area (Å²) < 4.78 is 10.8. The van der Waals surface area contributed by atoms with Gasteiger partial charge < -0.3 is 24.9 Å². The average Bonchev–Trinajstić information content (AvgIpc) is 3.61. The van der Waals surface area contributed by atoms with Gasteiger partial charge in [0.25, 0.3) is 11.8 Å². The predicted molar refractivity (Wildman–Crippen MR) is 203 cm³/mol. The zero-order valence-corrected chi connectivity index (χ0v) is 31.5. The minimum Gasteiger partial charge on any atom is -0.461 e. The highest BCUT2D eigenvalue weighted by atomic mass is 32.2. The summed E-state index contributed by atoms with van der Waals surface area (Å²) >= 11 is 2.62. The number of carbonyl (C=O) groups is 4. The molecule has 12 nitrogen and oxygen atoms in total. The molecule has 4 aromatic rings. The van der Waals surface area contributed by atoms with Gasteiger partial charge in [0.1, 0.15) is 47.7 Å². The van der Waals surface area contributed by atoms with Gasteiger partial charge in [0, 0.05) is 23.6 Å². The number of esters is 2. The third-order valence-corrected chi connectivity index (χ3v) is 10.5. The van der Waals surface area contributed by atoms with Crippen LogP contribution in [0, 0.1) is 0 Å². The number of hydrogen-bond acceptors (Lipinski definition) is 12. The lowest BCUT2D eigenvalue weighted by atomic mass is 9.77. The standard InChI is InChI=1S/C39H39N5O7S2/c1-24(45)50-21-25-22-52-35-31(34(47)44(35)32(25)36(48)51-38(2,3)4)41-33(46)30(43-49-5)29-23-53-37(40-29)42-39(26-15-9-6-10-16-26,27-17-11-7-12-18-27)28-19-13-8-14-20-28/h6-20,23,31,35H,21-22H2,1-5H3,(H,40,42)(H,41,46). The van der Waals surface area contributed by atoms with E-state index in [1.54, 1.807) is 26.2 Å². The number of thiazole rings is 1. The third-order valence-electron chi connectivity index (χ3n) is 8.44. The summed E-state index contributed by atoms with van der Waals surface area (Å²) in [4.78, 5) is 63.5. The molecule has 6 rings (SSSR count). The molecule has 3 heterocycles. The number of hydrogen-bond donors (Lipinski definition) is 2. The van der Waals surface area contributed by atoms with E-state index in [0.29, 0.717) is 10.7 Å². The minimum absolute atomic E-state index is 0.0140. The third kappa shape index (κ3) is 7.83. The molecule has 0 bridgehead atoms. The Kier molecular flexibility index (Phi) is 11.0. The van der Waals surface area contributed by atoms with Crippen molar-refractivity contribution in [3.63, 3.8) is 0 Å². The minimum atomic E-state index is -0.986. The van der Waals surface area contributed by atoms with Crippen LogP contribution in [0.2, 0.25) is 0 Å². The lowest BCUT2D eigenvalue weighted by molar-refractivity contribution is -0.159. The number of benzene rings is 3. The maximum Gasteiger partial charge on any atom is 0.355 e. The maximum atomic E-state index is 13.8. The van der Waals surface area contributed by atoms with E-state index >= 15 is 0 Å². The summed E-state index contributed by atoms with van der Waals surface area (Å²) in [7, 11) is 1.32. The predicted octanol–water partition coefficient (Wildman–Crippen LogP) is 5.46. The molecule has 1 aromatic heterocycles. The van der Waals surface area contributed by atoms with E-state index in [2.05, 4.69) is 52.2 Å². The maximum absolute atomic E-state index is 13.8. The highest BCUT2D eigenvalue weighted by Gasteiger charge is 2.55. The normalized spacial score (nSPS) is 17.3. The van der Waals surface area contributed by atoms with Gasteiger partial charge in [-0.2, -0.15) is 0 Å². The quantitative estimate of drug-likeness (QED) is 0.0629. The van der Waals surface area contributed by atoms with E-state index in [0.717, 1.165) is 16.7 Å². The molecule has 274 valence electrons. The van der Waals surface area contributed by atoms with Gasteiger partial charge in [-0.1, -0.05) is 96.2 Å². The van der Waals surface area contributed by atoms with Gasteiger partial charge in [0.15, 0.2) is 10.8 Å². The number of anilines is 1. The number of amides is 2. The van der Waals surface area contributed by atoms with Crippen molar-refractivity contribution in [2.24, 2.45) is 5.16 Å². The van der Waals surface area contributed by atoms with Crippen LogP contribution < -0.4 is 10.6 Å². The molecule has 14 heteroatoms. The first kappa shape index (κ1) is 37.3. The molecule has 2 N–H and O–H groups in total. The fraction of sp³-hybridized carbons (Fsp3) is 0.282. The van der Waals surface area contributed by atoms with Crippen molar-refractivity contribution in [3.05, 3.63) is 130 Å². The molecular weight excluding hydrogens is 715 g/mol. The highest BCUT2D eigenvalue weighted by Crippen LogP contribution is 2.42. The number of rotatable bonds is 12. The van der Waals surface area contributed by atoms with Crippen LogP contribution in [-0.4, -0.2) is 75.8 Å². The summed E-state index contributed by atoms with van der Waals surface area (Å²) in [5.41, 5.74) is 1.80. The number of β-lactam (4-membered cyclic amide) rings is 1. The first-order valence-corrected chi connectivity index (χ1v) is 18.7. The van der Waals surface area contributed by atoms with Gasteiger partial charge in [-0.05, 0) is 37.5 Å². The lowest BCUT2D eigenvalue weighted by Gasteiger charge is -2.49. The largest absolute Gasteiger partial charge is 0.461 e. The van der Waals surface area contributed by atoms with Crippen LogP contribution in [0.3, 0.4) is 0 Å². The molecular formula is C39H39N5O7S2. The molecule has 1 fully saturated rings. The molecule has 2 atom stereocenters. The second-order valence-corrected chi connectivity index (χ2v) is 15.2. The van der Waals surface area contributed by atoms with E-state index in [1.807, 2.05) is 54.6 Å². The van der Waals surface area contributed by atoms with Gasteiger partial charge in [-0.3, -0.25) is 19.3 Å². The van der Waals surface area contributed by atoms with Crippen LogP contribution in [-0.2, 0) is 39.0 Å². The first-order chi connectivity index (χ1) is 25.4. The van der Waals surface area contributed by atoms with Crippen molar-refractivity contribution in [2.45, 2.75) is 50.3 Å². The molecule has 2 unspecified atom stereocenters. The Morgan fingerprint density at radius 3 is 2.00 bits per heavy atom. The molecule has 2 amide bonds. The van der Waals surface area contributed by atoms with Crippen molar-refractivity contribution in [1.82, 2.24) is 15.2 Å². The number of carbonyl (C=O) groups excluding carboxylic acids is 4. The Morgan fingerprint density at radius 1 is 0.925 bits per heavy atom. The monoisotopic (exact) mass is 753 g/mol. The zero-order valence-electron chi connectivity index (χ0n) is 29.8. The number of fused-ring (bicyclic) bond motifs is 1. The number of nitrogens with zero attached hydrogens (tertiary/aromatic N) is 3. The molecule has 0 saturated carbocycles. The number of ether oxygens (including phenoxy) is 2. The van der Waals surface area contributed by atoms with E-state index in [-0.39, 0.29) is 29.5 Å². The molecule has 53 heavy (non-hydrogen) atoms. The Labute approximate surface area is 315 Å². The van der Waals surface area contributed by atoms with Gasteiger partial charge in [0.2, 0.25) is 0 Å². The number of nitrogens with one attached hydrogen (secondary N) is 2. The average molecular weight is 754 g/mol. The molecule has 0 spiro atoms. The fourth-order valence-corrected chi connectivity index (χ4v) is 8.26. The van der Waals surface area contributed by atoms with Gasteiger partial charge in [-0.15, -0.1) is 23.1 Å². The zero-order chi connectivity index (χ0) is 37.8. The smallest absolute Gasteiger partial charge is 0.355 e. The first-order valence-electron chi connectivity index (χ1n) is 16.8. The fourth-order valence-electron chi connectivity index (χ4n) is 6.18. The number of oxime groups is 1. The van der Waals surface area contributed by atoms with Crippen molar-refractivity contribution >= 4 is 57.7 Å². The Hall–Kier alpha value is -5.47. The number of aromatic nitrogens is 1. The summed E-state index contributed by atoms with van der Waals surface area (Å²) in [5.74, 6) is -2.17.